The molecular weight excluding hydrogens is 218 g/mol. The number of nitrogen functional groups attached to an aromatic ring is 1. The number of hydrogen-bond acceptors (Lipinski definition) is 5. The Morgan fingerprint density at radius 1 is 1.40 bits per heavy atom. The molecule has 0 spiro atoms. The van der Waals surface area contributed by atoms with Gasteiger partial charge >= 0.3 is 6.18 Å². The second-order valence-corrected chi connectivity index (χ2v) is 2.50. The third-order valence-corrected chi connectivity index (χ3v) is 1.33. The van der Waals surface area contributed by atoms with Crippen molar-refractivity contribution >= 4 is 11.8 Å². The number of nitrogens with two attached hydrogens (primary N) is 1. The van der Waals surface area contributed by atoms with Crippen molar-refractivity contribution in [2.24, 2.45) is 5.84 Å². The number of rotatable bonds is 3. The van der Waals surface area contributed by atoms with Crippen LogP contribution in [-0.4, -0.2) is 22.7 Å². The molecular formula is C6H7F4N5. The summed E-state index contributed by atoms with van der Waals surface area (Å²) in [6, 6.07) is 0. The van der Waals surface area contributed by atoms with Crippen molar-refractivity contribution in [2.45, 2.75) is 6.18 Å². The van der Waals surface area contributed by atoms with Gasteiger partial charge in [-0.05, 0) is 0 Å². The van der Waals surface area contributed by atoms with E-state index in [1.54, 1.807) is 5.32 Å². The average molecular weight is 225 g/mol. The van der Waals surface area contributed by atoms with E-state index in [4.69, 9.17) is 5.84 Å². The topological polar surface area (TPSA) is 75.9 Å². The van der Waals surface area contributed by atoms with E-state index in [2.05, 4.69) is 9.97 Å². The number of alkyl halides is 3. The predicted octanol–water partition coefficient (Wildman–Crippen LogP) is 0.875. The van der Waals surface area contributed by atoms with Crippen molar-refractivity contribution in [1.82, 2.24) is 9.97 Å². The molecule has 1 rings (SSSR count). The molecule has 15 heavy (non-hydrogen) atoms. The van der Waals surface area contributed by atoms with E-state index in [1.165, 1.54) is 0 Å². The number of hydrogen-bond donors (Lipinski definition) is 3. The number of anilines is 2. The summed E-state index contributed by atoms with van der Waals surface area (Å²) >= 11 is 0. The minimum absolute atomic E-state index is 0.180. The molecule has 0 fully saturated rings. The van der Waals surface area contributed by atoms with Crippen LogP contribution in [-0.2, 0) is 0 Å². The maximum Gasteiger partial charge on any atom is 0.405 e. The number of halogens is 4. The molecule has 0 aliphatic carbocycles. The van der Waals surface area contributed by atoms with Gasteiger partial charge in [-0.1, -0.05) is 0 Å². The lowest BCUT2D eigenvalue weighted by molar-refractivity contribution is -0.115. The molecule has 0 radical (unpaired) electrons. The summed E-state index contributed by atoms with van der Waals surface area (Å²) < 4.78 is 48.2. The standard InChI is InChI=1S/C6H7F4N5/c7-3-1-12-5(15-11)14-4(3)13-2-6(8,9)10/h1H,2,11H2,(H2,12,13,14,15). The highest BCUT2D eigenvalue weighted by Gasteiger charge is 2.27. The molecule has 0 bridgehead atoms. The van der Waals surface area contributed by atoms with Gasteiger partial charge in [-0.25, -0.2) is 15.2 Å². The first-order valence-corrected chi connectivity index (χ1v) is 3.72. The Bertz CT molecular complexity index is 339. The Labute approximate surface area is 81.7 Å². The fraction of sp³-hybridized carbons (Fsp3) is 0.333. The molecule has 5 nitrogen and oxygen atoms in total. The van der Waals surface area contributed by atoms with Gasteiger partial charge in [0.2, 0.25) is 5.95 Å². The first kappa shape index (κ1) is 11.4. The number of aromatic nitrogens is 2. The Hall–Kier alpha value is -1.64. The third kappa shape index (κ3) is 3.54. The maximum absolute atomic E-state index is 12.9. The molecule has 0 atom stereocenters. The molecule has 9 heteroatoms. The van der Waals surface area contributed by atoms with Crippen LogP contribution < -0.4 is 16.6 Å². The molecule has 1 aromatic rings. The van der Waals surface area contributed by atoms with Crippen molar-refractivity contribution in [2.75, 3.05) is 17.3 Å². The number of hydrazine groups is 1. The zero-order valence-electron chi connectivity index (χ0n) is 7.27. The third-order valence-electron chi connectivity index (χ3n) is 1.33. The maximum atomic E-state index is 12.9. The highest BCUT2D eigenvalue weighted by Crippen LogP contribution is 2.17. The van der Waals surface area contributed by atoms with E-state index in [1.807, 2.05) is 5.43 Å². The van der Waals surface area contributed by atoms with Gasteiger partial charge in [0.15, 0.2) is 11.6 Å². The molecule has 1 heterocycles. The normalized spacial score (nSPS) is 11.3. The van der Waals surface area contributed by atoms with Crippen LogP contribution in [0.4, 0.5) is 29.3 Å². The molecule has 0 amide bonds. The Kier molecular flexibility index (Phi) is 3.24. The lowest BCUT2D eigenvalue weighted by Gasteiger charge is -2.09. The highest BCUT2D eigenvalue weighted by molar-refractivity contribution is 5.40. The Morgan fingerprint density at radius 2 is 2.07 bits per heavy atom. The van der Waals surface area contributed by atoms with E-state index >= 15 is 0 Å². The van der Waals surface area contributed by atoms with E-state index in [-0.39, 0.29) is 5.95 Å². The first-order valence-electron chi connectivity index (χ1n) is 3.72. The van der Waals surface area contributed by atoms with Crippen LogP contribution in [0.2, 0.25) is 0 Å². The van der Waals surface area contributed by atoms with Crippen LogP contribution >= 0.6 is 0 Å². The van der Waals surface area contributed by atoms with Gasteiger partial charge < -0.3 is 5.32 Å². The lowest BCUT2D eigenvalue weighted by atomic mass is 10.5. The summed E-state index contributed by atoms with van der Waals surface area (Å²) in [7, 11) is 0. The van der Waals surface area contributed by atoms with Crippen molar-refractivity contribution in [3.63, 3.8) is 0 Å². The largest absolute Gasteiger partial charge is 0.405 e. The lowest BCUT2D eigenvalue weighted by Crippen LogP contribution is -2.23. The fourth-order valence-corrected chi connectivity index (χ4v) is 0.745. The molecule has 0 aromatic carbocycles. The fourth-order valence-electron chi connectivity index (χ4n) is 0.745. The minimum Gasteiger partial charge on any atom is -0.359 e. The van der Waals surface area contributed by atoms with E-state index in [0.29, 0.717) is 6.20 Å². The molecule has 84 valence electrons. The SMILES string of the molecule is NNc1ncc(F)c(NCC(F)(F)F)n1. The second-order valence-electron chi connectivity index (χ2n) is 2.50. The van der Waals surface area contributed by atoms with Gasteiger partial charge in [0, 0.05) is 0 Å². The molecule has 0 saturated heterocycles. The Balaban J connectivity index is 2.75. The van der Waals surface area contributed by atoms with Crippen molar-refractivity contribution in [3.8, 4) is 0 Å². The van der Waals surface area contributed by atoms with Crippen LogP contribution in [0.3, 0.4) is 0 Å². The minimum atomic E-state index is -4.45. The first-order chi connectivity index (χ1) is 6.92. The second kappa shape index (κ2) is 4.26. The van der Waals surface area contributed by atoms with Crippen molar-refractivity contribution in [1.29, 1.82) is 0 Å². The summed E-state index contributed by atoms with van der Waals surface area (Å²) in [4.78, 5) is 6.72. The van der Waals surface area contributed by atoms with Crippen molar-refractivity contribution < 1.29 is 17.6 Å². The van der Waals surface area contributed by atoms with Gasteiger partial charge in [-0.3, -0.25) is 5.43 Å². The molecule has 0 saturated carbocycles. The smallest absolute Gasteiger partial charge is 0.359 e. The van der Waals surface area contributed by atoms with Gasteiger partial charge in [0.1, 0.15) is 6.54 Å². The predicted molar refractivity (Wildman–Crippen MR) is 44.3 cm³/mol. The quantitative estimate of drug-likeness (QED) is 0.404. The molecule has 4 N–H and O–H groups in total. The molecule has 0 aliphatic rings. The van der Waals surface area contributed by atoms with E-state index < -0.39 is 24.4 Å². The van der Waals surface area contributed by atoms with E-state index in [9.17, 15) is 17.6 Å². The summed E-state index contributed by atoms with van der Waals surface area (Å²) in [6.45, 7) is -1.38. The zero-order chi connectivity index (χ0) is 11.5. The van der Waals surface area contributed by atoms with Crippen molar-refractivity contribution in [3.05, 3.63) is 12.0 Å². The summed E-state index contributed by atoms with van der Waals surface area (Å²) in [6.07, 6.45) is -3.74. The van der Waals surface area contributed by atoms with Gasteiger partial charge in [0.05, 0.1) is 6.20 Å². The van der Waals surface area contributed by atoms with Gasteiger partial charge in [-0.2, -0.15) is 18.2 Å². The summed E-state index contributed by atoms with van der Waals surface area (Å²) in [5, 5.41) is 1.78. The zero-order valence-corrected chi connectivity index (χ0v) is 7.27. The van der Waals surface area contributed by atoms with Crippen LogP contribution in [0, 0.1) is 5.82 Å². The molecule has 0 unspecified atom stereocenters. The summed E-state index contributed by atoms with van der Waals surface area (Å²) in [5.41, 5.74) is 1.98. The highest BCUT2D eigenvalue weighted by atomic mass is 19.4. The number of nitrogens with one attached hydrogen (secondary N) is 2. The van der Waals surface area contributed by atoms with Gasteiger partial charge in [0.25, 0.3) is 0 Å². The Morgan fingerprint density at radius 3 is 2.60 bits per heavy atom. The van der Waals surface area contributed by atoms with Gasteiger partial charge in [-0.15, -0.1) is 0 Å². The average Bonchev–Trinajstić information content (AvgIpc) is 2.15. The molecule has 0 aliphatic heterocycles. The van der Waals surface area contributed by atoms with Crippen LogP contribution in [0.15, 0.2) is 6.20 Å². The number of nitrogens with zero attached hydrogens (tertiary/aromatic N) is 2. The summed E-state index contributed by atoms with van der Waals surface area (Å²) in [5.74, 6) is 3.18. The van der Waals surface area contributed by atoms with E-state index in [0.717, 1.165) is 0 Å². The van der Waals surface area contributed by atoms with Crippen LogP contribution in [0.25, 0.3) is 0 Å². The monoisotopic (exact) mass is 225 g/mol. The molecule has 1 aromatic heterocycles. The van der Waals surface area contributed by atoms with Crippen LogP contribution in [0.5, 0.6) is 0 Å². The van der Waals surface area contributed by atoms with Crippen LogP contribution in [0.1, 0.15) is 0 Å².